The molecular formula is C17H19Cl2N3O3S. The fourth-order valence-corrected chi connectivity index (χ4v) is 4.22. The van der Waals surface area contributed by atoms with Crippen LogP contribution in [0.25, 0.3) is 0 Å². The number of benzene rings is 1. The molecule has 0 amide bonds. The van der Waals surface area contributed by atoms with Crippen molar-refractivity contribution in [3.63, 3.8) is 0 Å². The van der Waals surface area contributed by atoms with Crippen molar-refractivity contribution in [1.29, 1.82) is 0 Å². The number of pyridine rings is 1. The first-order valence-corrected chi connectivity index (χ1v) is 10.4. The molecule has 2 aromatic rings. The van der Waals surface area contributed by atoms with Crippen LogP contribution in [0, 0.1) is 0 Å². The van der Waals surface area contributed by atoms with Gasteiger partial charge in [-0.2, -0.15) is 0 Å². The number of nitrogens with one attached hydrogen (secondary N) is 1. The summed E-state index contributed by atoms with van der Waals surface area (Å²) in [4.78, 5) is 6.08. The summed E-state index contributed by atoms with van der Waals surface area (Å²) in [5.74, 6) is 0. The average Bonchev–Trinajstić information content (AvgIpc) is 2.64. The van der Waals surface area contributed by atoms with Gasteiger partial charge in [-0.15, -0.1) is 0 Å². The third-order valence-corrected chi connectivity index (χ3v) is 6.20. The highest BCUT2D eigenvalue weighted by atomic mass is 35.5. The van der Waals surface area contributed by atoms with Crippen LogP contribution in [0.15, 0.2) is 47.5 Å². The van der Waals surface area contributed by atoms with Crippen molar-refractivity contribution < 1.29 is 13.2 Å². The zero-order valence-corrected chi connectivity index (χ0v) is 16.3. The van der Waals surface area contributed by atoms with Crippen LogP contribution in [0.2, 0.25) is 10.2 Å². The quantitative estimate of drug-likeness (QED) is 0.734. The molecule has 0 spiro atoms. The highest BCUT2D eigenvalue weighted by Gasteiger charge is 2.26. The number of aromatic nitrogens is 1. The Morgan fingerprint density at radius 1 is 1.15 bits per heavy atom. The topological polar surface area (TPSA) is 71.5 Å². The lowest BCUT2D eigenvalue weighted by molar-refractivity contribution is 0.0172. The summed E-state index contributed by atoms with van der Waals surface area (Å²) in [6.07, 6.45) is 1.24. The van der Waals surface area contributed by atoms with E-state index in [1.165, 1.54) is 18.3 Å². The Balaban J connectivity index is 1.81. The molecule has 140 valence electrons. The molecule has 0 radical (unpaired) electrons. The number of ether oxygens (including phenoxy) is 1. The average molecular weight is 416 g/mol. The number of rotatable bonds is 6. The number of hydrogen-bond acceptors (Lipinski definition) is 5. The summed E-state index contributed by atoms with van der Waals surface area (Å²) < 4.78 is 33.2. The third kappa shape index (κ3) is 4.73. The van der Waals surface area contributed by atoms with Gasteiger partial charge < -0.3 is 4.74 Å². The van der Waals surface area contributed by atoms with Gasteiger partial charge in [0.05, 0.1) is 13.2 Å². The van der Waals surface area contributed by atoms with Crippen LogP contribution >= 0.6 is 23.2 Å². The molecule has 2 heterocycles. The van der Waals surface area contributed by atoms with Crippen LogP contribution < -0.4 is 4.72 Å². The minimum absolute atomic E-state index is 0.0711. The summed E-state index contributed by atoms with van der Waals surface area (Å²) in [6, 6.07) is 10.2. The van der Waals surface area contributed by atoms with E-state index in [-0.39, 0.29) is 22.6 Å². The van der Waals surface area contributed by atoms with Gasteiger partial charge in [-0.05, 0) is 23.8 Å². The van der Waals surface area contributed by atoms with E-state index in [1.54, 1.807) is 0 Å². The second kappa shape index (κ2) is 8.65. The summed E-state index contributed by atoms with van der Waals surface area (Å²) in [5.41, 5.74) is 0.882. The Bertz CT molecular complexity index is 841. The lowest BCUT2D eigenvalue weighted by atomic mass is 10.0. The number of sulfonamides is 1. The van der Waals surface area contributed by atoms with Crippen molar-refractivity contribution in [3.8, 4) is 0 Å². The predicted molar refractivity (Wildman–Crippen MR) is 101 cm³/mol. The van der Waals surface area contributed by atoms with Crippen molar-refractivity contribution in [1.82, 2.24) is 14.6 Å². The molecule has 1 atom stereocenters. The molecule has 1 aromatic heterocycles. The normalized spacial score (nSPS) is 17.2. The summed E-state index contributed by atoms with van der Waals surface area (Å²) in [6.45, 7) is 2.82. The Labute approximate surface area is 163 Å². The maximum Gasteiger partial charge on any atom is 0.242 e. The van der Waals surface area contributed by atoms with E-state index in [9.17, 15) is 8.42 Å². The summed E-state index contributed by atoms with van der Waals surface area (Å²) in [5, 5.41) is 0.850. The first-order valence-electron chi connectivity index (χ1n) is 8.15. The molecule has 1 aliphatic heterocycles. The van der Waals surface area contributed by atoms with E-state index >= 15 is 0 Å². The standard InChI is InChI=1S/C17H19Cl2N3O3S/c18-15-4-2-1-3-14(15)16(22-7-9-25-10-8-22)12-21-26(23,24)13-5-6-17(19)20-11-13/h1-6,11,16,21H,7-10,12H2. The first-order chi connectivity index (χ1) is 12.5. The molecule has 0 bridgehead atoms. The fraction of sp³-hybridized carbons (Fsp3) is 0.353. The van der Waals surface area contributed by atoms with E-state index in [2.05, 4.69) is 14.6 Å². The minimum atomic E-state index is -3.70. The lowest BCUT2D eigenvalue weighted by Crippen LogP contribution is -2.43. The zero-order chi connectivity index (χ0) is 18.6. The van der Waals surface area contributed by atoms with Crippen LogP contribution in [0.4, 0.5) is 0 Å². The maximum atomic E-state index is 12.6. The molecule has 1 N–H and O–H groups in total. The van der Waals surface area contributed by atoms with Crippen LogP contribution in [-0.4, -0.2) is 51.1 Å². The second-order valence-corrected chi connectivity index (χ2v) is 8.42. The van der Waals surface area contributed by atoms with Crippen LogP contribution in [0.5, 0.6) is 0 Å². The van der Waals surface area contributed by atoms with Gasteiger partial charge in [-0.25, -0.2) is 18.1 Å². The smallest absolute Gasteiger partial charge is 0.242 e. The van der Waals surface area contributed by atoms with Gasteiger partial charge in [0.1, 0.15) is 10.0 Å². The molecular weight excluding hydrogens is 397 g/mol. The highest BCUT2D eigenvalue weighted by molar-refractivity contribution is 7.89. The fourth-order valence-electron chi connectivity index (χ4n) is 2.86. The SMILES string of the molecule is O=S(=O)(NCC(c1ccccc1Cl)N1CCOCC1)c1ccc(Cl)nc1. The van der Waals surface area contributed by atoms with E-state index in [4.69, 9.17) is 27.9 Å². The monoisotopic (exact) mass is 415 g/mol. The molecule has 0 saturated carbocycles. The van der Waals surface area contributed by atoms with Gasteiger partial charge in [0.15, 0.2) is 0 Å². The summed E-state index contributed by atoms with van der Waals surface area (Å²) >= 11 is 12.1. The van der Waals surface area contributed by atoms with Gasteiger partial charge in [0.25, 0.3) is 0 Å². The van der Waals surface area contributed by atoms with Crippen molar-refractivity contribution in [2.45, 2.75) is 10.9 Å². The molecule has 0 aliphatic carbocycles. The number of morpholine rings is 1. The van der Waals surface area contributed by atoms with E-state index in [1.807, 2.05) is 24.3 Å². The predicted octanol–water partition coefficient (Wildman–Crippen LogP) is 2.74. The molecule has 1 aliphatic rings. The molecule has 1 fully saturated rings. The van der Waals surface area contributed by atoms with Gasteiger partial charge in [0, 0.05) is 36.9 Å². The molecule has 9 heteroatoms. The Hall–Kier alpha value is -1.22. The molecule has 1 aromatic carbocycles. The molecule has 1 unspecified atom stereocenters. The van der Waals surface area contributed by atoms with Gasteiger partial charge in [-0.3, -0.25) is 4.90 Å². The Kier molecular flexibility index (Phi) is 6.50. The molecule has 26 heavy (non-hydrogen) atoms. The number of halogens is 2. The van der Waals surface area contributed by atoms with Crippen molar-refractivity contribution in [3.05, 3.63) is 58.3 Å². The number of nitrogens with zero attached hydrogens (tertiary/aromatic N) is 2. The van der Waals surface area contributed by atoms with Gasteiger partial charge in [0.2, 0.25) is 10.0 Å². The third-order valence-electron chi connectivity index (χ3n) is 4.23. The van der Waals surface area contributed by atoms with Crippen LogP contribution in [0.3, 0.4) is 0 Å². The van der Waals surface area contributed by atoms with Crippen molar-refractivity contribution in [2.75, 3.05) is 32.8 Å². The second-order valence-electron chi connectivity index (χ2n) is 5.85. The number of hydrogen-bond donors (Lipinski definition) is 1. The molecule has 6 nitrogen and oxygen atoms in total. The van der Waals surface area contributed by atoms with E-state index in [0.29, 0.717) is 31.3 Å². The van der Waals surface area contributed by atoms with Gasteiger partial charge in [-0.1, -0.05) is 41.4 Å². The summed E-state index contributed by atoms with van der Waals surface area (Å²) in [7, 11) is -3.70. The highest BCUT2D eigenvalue weighted by Crippen LogP contribution is 2.28. The van der Waals surface area contributed by atoms with Crippen molar-refractivity contribution >= 4 is 33.2 Å². The molecule has 3 rings (SSSR count). The Morgan fingerprint density at radius 3 is 2.54 bits per heavy atom. The van der Waals surface area contributed by atoms with Crippen LogP contribution in [0.1, 0.15) is 11.6 Å². The first kappa shape index (κ1) is 19.5. The molecule has 1 saturated heterocycles. The lowest BCUT2D eigenvalue weighted by Gasteiger charge is -2.35. The minimum Gasteiger partial charge on any atom is -0.379 e. The van der Waals surface area contributed by atoms with Crippen LogP contribution in [-0.2, 0) is 14.8 Å². The van der Waals surface area contributed by atoms with Crippen molar-refractivity contribution in [2.24, 2.45) is 0 Å². The maximum absolute atomic E-state index is 12.6. The van der Waals surface area contributed by atoms with E-state index in [0.717, 1.165) is 5.56 Å². The van der Waals surface area contributed by atoms with E-state index < -0.39 is 10.0 Å². The largest absolute Gasteiger partial charge is 0.379 e. The Morgan fingerprint density at radius 2 is 1.88 bits per heavy atom. The zero-order valence-electron chi connectivity index (χ0n) is 13.9. The van der Waals surface area contributed by atoms with Gasteiger partial charge >= 0.3 is 0 Å².